The van der Waals surface area contributed by atoms with Crippen LogP contribution in [0.25, 0.3) is 0 Å². The summed E-state index contributed by atoms with van der Waals surface area (Å²) >= 11 is 4.38. The molecule has 0 saturated heterocycles. The first-order valence-electron chi connectivity index (χ1n) is 4.41. The van der Waals surface area contributed by atoms with Gasteiger partial charge in [0.2, 0.25) is 0 Å². The van der Waals surface area contributed by atoms with Crippen LogP contribution in [0, 0.1) is 0 Å². The number of thiocarbonyl (C=S) groups is 1. The van der Waals surface area contributed by atoms with Crippen molar-refractivity contribution in [2.75, 3.05) is 0 Å². The minimum Gasteiger partial charge on any atom is -0.264 e. The van der Waals surface area contributed by atoms with Crippen LogP contribution in [0.1, 0.15) is 30.0 Å². The third-order valence-corrected chi connectivity index (χ3v) is 1.95. The average Bonchev–Trinajstić information content (AvgIpc) is 2.61. The quantitative estimate of drug-likeness (QED) is 0.562. The highest BCUT2D eigenvalue weighted by Gasteiger charge is 2.12. The van der Waals surface area contributed by atoms with Crippen molar-refractivity contribution in [3.8, 4) is 0 Å². The predicted molar refractivity (Wildman–Crippen MR) is 56.6 cm³/mol. The summed E-state index contributed by atoms with van der Waals surface area (Å²) in [7, 11) is 0. The lowest BCUT2D eigenvalue weighted by molar-refractivity contribution is 0.0993. The lowest BCUT2D eigenvalue weighted by Gasteiger charge is -1.97. The van der Waals surface area contributed by atoms with Gasteiger partial charge in [-0.1, -0.05) is 6.92 Å². The molecule has 0 atom stereocenters. The maximum atomic E-state index is 11.4. The SMILES string of the molecule is CCc1cc(C(=O)N=C=S)n(CC)n1. The van der Waals surface area contributed by atoms with Gasteiger partial charge >= 0.3 is 5.91 Å². The number of rotatable bonds is 3. The first-order chi connectivity index (χ1) is 6.72. The number of nitrogens with zero attached hydrogens (tertiary/aromatic N) is 3. The van der Waals surface area contributed by atoms with Crippen LogP contribution in [-0.4, -0.2) is 20.8 Å². The van der Waals surface area contributed by atoms with Crippen LogP contribution in [0.5, 0.6) is 0 Å². The number of hydrogen-bond donors (Lipinski definition) is 0. The molecule has 1 amide bonds. The number of aliphatic imine (C=N–C) groups is 1. The van der Waals surface area contributed by atoms with Gasteiger partial charge in [0.1, 0.15) is 5.69 Å². The zero-order valence-electron chi connectivity index (χ0n) is 8.15. The van der Waals surface area contributed by atoms with Crippen molar-refractivity contribution < 1.29 is 4.79 Å². The lowest BCUT2D eigenvalue weighted by atomic mass is 10.3. The number of aryl methyl sites for hydroxylation is 2. The van der Waals surface area contributed by atoms with Gasteiger partial charge in [0.15, 0.2) is 0 Å². The van der Waals surface area contributed by atoms with E-state index in [1.807, 2.05) is 13.8 Å². The molecule has 0 unspecified atom stereocenters. The molecule has 4 nitrogen and oxygen atoms in total. The van der Waals surface area contributed by atoms with Gasteiger partial charge in [-0.25, -0.2) is 0 Å². The van der Waals surface area contributed by atoms with Gasteiger partial charge in [-0.05, 0) is 31.6 Å². The first kappa shape index (κ1) is 10.8. The van der Waals surface area contributed by atoms with Crippen molar-refractivity contribution in [2.24, 2.45) is 4.99 Å². The van der Waals surface area contributed by atoms with Crippen molar-refractivity contribution in [1.29, 1.82) is 0 Å². The summed E-state index contributed by atoms with van der Waals surface area (Å²) in [6.07, 6.45) is 0.800. The van der Waals surface area contributed by atoms with Crippen LogP contribution in [0.15, 0.2) is 11.1 Å². The molecule has 0 aliphatic carbocycles. The summed E-state index contributed by atoms with van der Waals surface area (Å²) in [6, 6.07) is 1.74. The minimum atomic E-state index is -0.381. The van der Waals surface area contributed by atoms with Crippen molar-refractivity contribution in [2.45, 2.75) is 26.8 Å². The Labute approximate surface area is 87.6 Å². The van der Waals surface area contributed by atoms with Crippen molar-refractivity contribution in [3.63, 3.8) is 0 Å². The Balaban J connectivity index is 3.11. The molecule has 0 saturated carbocycles. The number of carbonyl (C=O) groups is 1. The zero-order chi connectivity index (χ0) is 10.6. The Morgan fingerprint density at radius 2 is 2.43 bits per heavy atom. The lowest BCUT2D eigenvalue weighted by Crippen LogP contribution is -2.07. The molecule has 0 radical (unpaired) electrons. The molecular formula is C9H11N3OS. The van der Waals surface area contributed by atoms with Gasteiger partial charge in [-0.15, -0.1) is 0 Å². The molecule has 14 heavy (non-hydrogen) atoms. The number of aromatic nitrogens is 2. The van der Waals surface area contributed by atoms with Crippen LogP contribution < -0.4 is 0 Å². The fourth-order valence-electron chi connectivity index (χ4n) is 1.15. The van der Waals surface area contributed by atoms with Gasteiger partial charge in [-0.2, -0.15) is 10.1 Å². The zero-order valence-corrected chi connectivity index (χ0v) is 8.97. The highest BCUT2D eigenvalue weighted by Crippen LogP contribution is 2.06. The molecule has 0 aliphatic rings. The Morgan fingerprint density at radius 3 is 2.93 bits per heavy atom. The maximum absolute atomic E-state index is 11.4. The van der Waals surface area contributed by atoms with Gasteiger partial charge in [0.05, 0.1) is 10.9 Å². The van der Waals surface area contributed by atoms with E-state index in [2.05, 4.69) is 27.5 Å². The fraction of sp³-hybridized carbons (Fsp3) is 0.444. The van der Waals surface area contributed by atoms with E-state index >= 15 is 0 Å². The molecule has 1 aromatic rings. The van der Waals surface area contributed by atoms with Crippen LogP contribution in [0.2, 0.25) is 0 Å². The molecule has 5 heteroatoms. The largest absolute Gasteiger partial charge is 0.304 e. The summed E-state index contributed by atoms with van der Waals surface area (Å²) in [5.74, 6) is -0.381. The number of isothiocyanates is 1. The summed E-state index contributed by atoms with van der Waals surface area (Å²) < 4.78 is 1.62. The van der Waals surface area contributed by atoms with E-state index in [1.165, 1.54) is 0 Å². The van der Waals surface area contributed by atoms with Gasteiger partial charge < -0.3 is 0 Å². The molecular weight excluding hydrogens is 198 g/mol. The molecule has 0 aliphatic heterocycles. The summed E-state index contributed by atoms with van der Waals surface area (Å²) in [6.45, 7) is 4.55. The molecule has 0 aromatic carbocycles. The van der Waals surface area contributed by atoms with Crippen LogP contribution in [0.4, 0.5) is 0 Å². The predicted octanol–water partition coefficient (Wildman–Crippen LogP) is 1.71. The second-order valence-corrected chi connectivity index (χ2v) is 2.88. The van der Waals surface area contributed by atoms with E-state index < -0.39 is 0 Å². The summed E-state index contributed by atoms with van der Waals surface area (Å²) in [5.41, 5.74) is 1.36. The van der Waals surface area contributed by atoms with E-state index in [0.717, 1.165) is 12.1 Å². The van der Waals surface area contributed by atoms with E-state index in [1.54, 1.807) is 10.7 Å². The van der Waals surface area contributed by atoms with Crippen LogP contribution >= 0.6 is 12.2 Å². The Bertz CT molecular complexity index is 391. The maximum Gasteiger partial charge on any atom is 0.304 e. The third kappa shape index (κ3) is 2.13. The second-order valence-electron chi connectivity index (χ2n) is 2.70. The minimum absolute atomic E-state index is 0.381. The van der Waals surface area contributed by atoms with Crippen molar-refractivity contribution in [3.05, 3.63) is 17.5 Å². The van der Waals surface area contributed by atoms with Crippen molar-refractivity contribution >= 4 is 23.3 Å². The smallest absolute Gasteiger partial charge is 0.264 e. The molecule has 1 aromatic heterocycles. The van der Waals surface area contributed by atoms with E-state index in [0.29, 0.717) is 12.2 Å². The molecule has 1 heterocycles. The van der Waals surface area contributed by atoms with Crippen LogP contribution in [-0.2, 0) is 13.0 Å². The summed E-state index contributed by atoms with van der Waals surface area (Å²) in [5, 5.41) is 6.29. The Hall–Kier alpha value is -1.32. The highest BCUT2D eigenvalue weighted by atomic mass is 32.1. The normalized spacial score (nSPS) is 9.57. The highest BCUT2D eigenvalue weighted by molar-refractivity contribution is 7.78. The number of carbonyl (C=O) groups excluding carboxylic acids is 1. The van der Waals surface area contributed by atoms with Crippen molar-refractivity contribution in [1.82, 2.24) is 9.78 Å². The number of hydrogen-bond acceptors (Lipinski definition) is 3. The molecule has 0 bridgehead atoms. The standard InChI is InChI=1S/C9H11N3OS/c1-3-7-5-8(9(13)10-6-14)12(4-2)11-7/h5H,3-4H2,1-2H3. The third-order valence-electron chi connectivity index (χ3n) is 1.86. The van der Waals surface area contributed by atoms with Gasteiger partial charge in [-0.3, -0.25) is 9.48 Å². The summed E-state index contributed by atoms with van der Waals surface area (Å²) in [4.78, 5) is 14.8. The van der Waals surface area contributed by atoms with Crippen LogP contribution in [0.3, 0.4) is 0 Å². The molecule has 0 fully saturated rings. The monoisotopic (exact) mass is 209 g/mol. The van der Waals surface area contributed by atoms with Gasteiger partial charge in [0, 0.05) is 6.54 Å². The molecule has 0 spiro atoms. The van der Waals surface area contributed by atoms with E-state index in [4.69, 9.17) is 0 Å². The second kappa shape index (κ2) is 4.79. The molecule has 1 rings (SSSR count). The van der Waals surface area contributed by atoms with E-state index in [9.17, 15) is 4.79 Å². The fourth-order valence-corrected chi connectivity index (χ4v) is 1.24. The molecule has 74 valence electrons. The molecule has 0 N–H and O–H groups in total. The number of amides is 1. The van der Waals surface area contributed by atoms with E-state index in [-0.39, 0.29) is 5.91 Å². The Kier molecular flexibility index (Phi) is 3.68. The van der Waals surface area contributed by atoms with Gasteiger partial charge in [0.25, 0.3) is 0 Å². The Morgan fingerprint density at radius 1 is 1.71 bits per heavy atom. The topological polar surface area (TPSA) is 47.2 Å². The first-order valence-corrected chi connectivity index (χ1v) is 4.82. The average molecular weight is 209 g/mol.